The van der Waals surface area contributed by atoms with Crippen molar-refractivity contribution in [3.05, 3.63) is 78.2 Å². The fourth-order valence-corrected chi connectivity index (χ4v) is 2.39. The van der Waals surface area contributed by atoms with E-state index in [0.717, 1.165) is 5.69 Å². The molecule has 0 aliphatic rings. The molecular weight excluding hydrogens is 333 g/mol. The van der Waals surface area contributed by atoms with E-state index in [1.54, 1.807) is 24.3 Å². The summed E-state index contributed by atoms with van der Waals surface area (Å²) in [6.07, 6.45) is 1.52. The van der Waals surface area contributed by atoms with E-state index in [2.05, 4.69) is 15.6 Å². The normalized spacial score (nSPS) is 10.2. The average molecular weight is 351 g/mol. The first kappa shape index (κ1) is 17.4. The van der Waals surface area contributed by atoms with Gasteiger partial charge in [0.05, 0.1) is 18.0 Å². The van der Waals surface area contributed by atoms with Gasteiger partial charge in [-0.3, -0.25) is 4.79 Å². The summed E-state index contributed by atoms with van der Waals surface area (Å²) in [5.74, 6) is 0.272. The minimum atomic E-state index is -0.487. The molecule has 132 valence electrons. The first-order valence-electron chi connectivity index (χ1n) is 8.18. The molecule has 2 aromatic carbocycles. The average Bonchev–Trinajstić information content (AvgIpc) is 2.66. The lowest BCUT2D eigenvalue weighted by Gasteiger charge is -2.12. The Labute approximate surface area is 150 Å². The minimum absolute atomic E-state index is 0.130. The molecule has 26 heavy (non-hydrogen) atoms. The number of rotatable bonds is 6. The van der Waals surface area contributed by atoms with Gasteiger partial charge in [0.25, 0.3) is 5.91 Å². The van der Waals surface area contributed by atoms with Gasteiger partial charge in [-0.15, -0.1) is 0 Å². The molecule has 5 nitrogen and oxygen atoms in total. The van der Waals surface area contributed by atoms with Gasteiger partial charge in [0.2, 0.25) is 0 Å². The van der Waals surface area contributed by atoms with E-state index in [1.807, 2.05) is 31.2 Å². The number of hydrogen-bond acceptors (Lipinski definition) is 4. The van der Waals surface area contributed by atoms with Crippen molar-refractivity contribution >= 4 is 23.1 Å². The number of hydrogen-bond donors (Lipinski definition) is 2. The number of benzene rings is 2. The highest BCUT2D eigenvalue weighted by Crippen LogP contribution is 2.27. The standard InChI is InChI=1S/C20H18FN3O2/c1-2-26-18-10-6-5-9-17(18)23-19-13-14(11-12-22-19)20(25)24-16-8-4-3-7-15(16)21/h3-13H,2H2,1H3,(H,22,23)(H,24,25). The van der Waals surface area contributed by atoms with Crippen LogP contribution < -0.4 is 15.4 Å². The van der Waals surface area contributed by atoms with E-state index in [1.165, 1.54) is 18.3 Å². The van der Waals surface area contributed by atoms with Crippen LogP contribution in [0.5, 0.6) is 5.75 Å². The Bertz CT molecular complexity index is 915. The van der Waals surface area contributed by atoms with Gasteiger partial charge in [0, 0.05) is 11.8 Å². The number of amides is 1. The summed E-state index contributed by atoms with van der Waals surface area (Å²) in [4.78, 5) is 16.6. The van der Waals surface area contributed by atoms with Crippen molar-refractivity contribution < 1.29 is 13.9 Å². The van der Waals surface area contributed by atoms with E-state index in [0.29, 0.717) is 23.7 Å². The molecule has 3 aromatic rings. The van der Waals surface area contributed by atoms with Crippen LogP contribution in [-0.4, -0.2) is 17.5 Å². The van der Waals surface area contributed by atoms with Gasteiger partial charge in [0.1, 0.15) is 17.4 Å². The molecule has 0 unspecified atom stereocenters. The topological polar surface area (TPSA) is 63.2 Å². The van der Waals surface area contributed by atoms with Gasteiger partial charge in [-0.05, 0) is 43.3 Å². The highest BCUT2D eigenvalue weighted by molar-refractivity contribution is 6.04. The van der Waals surface area contributed by atoms with Gasteiger partial charge >= 0.3 is 0 Å². The van der Waals surface area contributed by atoms with E-state index in [9.17, 15) is 9.18 Å². The summed E-state index contributed by atoms with van der Waals surface area (Å²) in [6.45, 7) is 2.44. The fraction of sp³-hybridized carbons (Fsp3) is 0.100. The lowest BCUT2D eigenvalue weighted by molar-refractivity contribution is 0.102. The van der Waals surface area contributed by atoms with Crippen molar-refractivity contribution in [1.29, 1.82) is 0 Å². The summed E-state index contributed by atoms with van der Waals surface area (Å²) >= 11 is 0. The van der Waals surface area contributed by atoms with Gasteiger partial charge in [-0.25, -0.2) is 9.37 Å². The van der Waals surface area contributed by atoms with Crippen molar-refractivity contribution in [3.63, 3.8) is 0 Å². The number of carbonyl (C=O) groups excluding carboxylic acids is 1. The lowest BCUT2D eigenvalue weighted by Crippen LogP contribution is -2.13. The van der Waals surface area contributed by atoms with E-state index in [-0.39, 0.29) is 5.69 Å². The first-order chi connectivity index (χ1) is 12.7. The number of nitrogens with zero attached hydrogens (tertiary/aromatic N) is 1. The Morgan fingerprint density at radius 1 is 1.08 bits per heavy atom. The summed E-state index contributed by atoms with van der Waals surface area (Å²) in [6, 6.07) is 16.6. The van der Waals surface area contributed by atoms with Crippen molar-refractivity contribution in [3.8, 4) is 5.75 Å². The van der Waals surface area contributed by atoms with E-state index in [4.69, 9.17) is 4.74 Å². The van der Waals surface area contributed by atoms with Crippen LogP contribution in [0.1, 0.15) is 17.3 Å². The fourth-order valence-electron chi connectivity index (χ4n) is 2.39. The van der Waals surface area contributed by atoms with Crippen LogP contribution in [-0.2, 0) is 0 Å². The van der Waals surface area contributed by atoms with Crippen LogP contribution in [0.2, 0.25) is 0 Å². The van der Waals surface area contributed by atoms with Crippen LogP contribution in [0, 0.1) is 5.82 Å². The quantitative estimate of drug-likeness (QED) is 0.680. The third kappa shape index (κ3) is 4.16. The number of halogens is 1. The second kappa shape index (κ2) is 8.11. The number of nitrogens with one attached hydrogen (secondary N) is 2. The van der Waals surface area contributed by atoms with E-state index >= 15 is 0 Å². The SMILES string of the molecule is CCOc1ccccc1Nc1cc(C(=O)Nc2ccccc2F)ccn1. The number of aromatic nitrogens is 1. The Morgan fingerprint density at radius 2 is 1.81 bits per heavy atom. The molecule has 3 rings (SSSR count). The van der Waals surface area contributed by atoms with Crippen molar-refractivity contribution in [1.82, 2.24) is 4.98 Å². The number of para-hydroxylation sites is 3. The van der Waals surface area contributed by atoms with Gasteiger partial charge in [-0.2, -0.15) is 0 Å². The predicted molar refractivity (Wildman–Crippen MR) is 99.5 cm³/mol. The molecule has 6 heteroatoms. The highest BCUT2D eigenvalue weighted by atomic mass is 19.1. The third-order valence-electron chi connectivity index (χ3n) is 3.59. The maximum absolute atomic E-state index is 13.7. The maximum atomic E-state index is 13.7. The molecule has 1 heterocycles. The van der Waals surface area contributed by atoms with Gasteiger partial charge < -0.3 is 15.4 Å². The molecule has 0 radical (unpaired) electrons. The zero-order valence-corrected chi connectivity index (χ0v) is 14.2. The lowest BCUT2D eigenvalue weighted by atomic mass is 10.2. The van der Waals surface area contributed by atoms with Gasteiger partial charge in [0.15, 0.2) is 0 Å². The number of ether oxygens (including phenoxy) is 1. The van der Waals surface area contributed by atoms with E-state index < -0.39 is 11.7 Å². The molecule has 2 N–H and O–H groups in total. The number of anilines is 3. The van der Waals surface area contributed by atoms with Crippen LogP contribution >= 0.6 is 0 Å². The largest absolute Gasteiger partial charge is 0.492 e. The summed E-state index contributed by atoms with van der Waals surface area (Å²) < 4.78 is 19.3. The maximum Gasteiger partial charge on any atom is 0.255 e. The van der Waals surface area contributed by atoms with Crippen LogP contribution in [0.3, 0.4) is 0 Å². The molecule has 0 fully saturated rings. The Hall–Kier alpha value is -3.41. The van der Waals surface area contributed by atoms with Gasteiger partial charge in [-0.1, -0.05) is 24.3 Å². The summed E-state index contributed by atoms with van der Waals surface area (Å²) in [5.41, 5.74) is 1.23. The Balaban J connectivity index is 1.78. The summed E-state index contributed by atoms with van der Waals surface area (Å²) in [7, 11) is 0. The Kier molecular flexibility index (Phi) is 5.43. The van der Waals surface area contributed by atoms with Crippen molar-refractivity contribution in [2.75, 3.05) is 17.2 Å². The Morgan fingerprint density at radius 3 is 2.58 bits per heavy atom. The first-order valence-corrected chi connectivity index (χ1v) is 8.18. The monoisotopic (exact) mass is 351 g/mol. The molecule has 1 aromatic heterocycles. The zero-order valence-electron chi connectivity index (χ0n) is 14.2. The molecule has 0 bridgehead atoms. The molecule has 0 spiro atoms. The second-order valence-electron chi connectivity index (χ2n) is 5.42. The molecule has 0 aliphatic carbocycles. The molecule has 0 atom stereocenters. The number of pyridine rings is 1. The molecule has 0 aliphatic heterocycles. The number of carbonyl (C=O) groups is 1. The smallest absolute Gasteiger partial charge is 0.255 e. The summed E-state index contributed by atoms with van der Waals surface area (Å²) in [5, 5.41) is 5.69. The zero-order chi connectivity index (χ0) is 18.4. The molecule has 0 saturated carbocycles. The highest BCUT2D eigenvalue weighted by Gasteiger charge is 2.11. The second-order valence-corrected chi connectivity index (χ2v) is 5.42. The molecule has 1 amide bonds. The molecule has 0 saturated heterocycles. The third-order valence-corrected chi connectivity index (χ3v) is 3.59. The minimum Gasteiger partial charge on any atom is -0.492 e. The predicted octanol–water partition coefficient (Wildman–Crippen LogP) is 4.62. The van der Waals surface area contributed by atoms with Crippen LogP contribution in [0.4, 0.5) is 21.6 Å². The van der Waals surface area contributed by atoms with Crippen molar-refractivity contribution in [2.45, 2.75) is 6.92 Å². The molecular formula is C20H18FN3O2. The van der Waals surface area contributed by atoms with Crippen LogP contribution in [0.25, 0.3) is 0 Å². The van der Waals surface area contributed by atoms with Crippen molar-refractivity contribution in [2.24, 2.45) is 0 Å². The van der Waals surface area contributed by atoms with Crippen LogP contribution in [0.15, 0.2) is 66.9 Å².